The topological polar surface area (TPSA) is 61.9 Å². The van der Waals surface area contributed by atoms with Crippen LogP contribution in [0.5, 0.6) is 5.75 Å². The lowest BCUT2D eigenvalue weighted by Crippen LogP contribution is -2.54. The fourth-order valence-corrected chi connectivity index (χ4v) is 3.53. The van der Waals surface area contributed by atoms with E-state index in [-0.39, 0.29) is 23.4 Å². The molecule has 3 rings (SSSR count). The van der Waals surface area contributed by atoms with Crippen molar-refractivity contribution in [2.45, 2.75) is 13.0 Å². The van der Waals surface area contributed by atoms with E-state index in [1.807, 2.05) is 11.8 Å². The molecule has 0 spiro atoms. The van der Waals surface area contributed by atoms with Gasteiger partial charge in [-0.05, 0) is 37.3 Å². The molecule has 0 aromatic heterocycles. The predicted molar refractivity (Wildman–Crippen MR) is 110 cm³/mol. The molecule has 8 heteroatoms. The van der Waals surface area contributed by atoms with Crippen LogP contribution in [0.1, 0.15) is 17.3 Å². The molecule has 2 aromatic rings. The number of anilines is 1. The number of hydrogen-bond acceptors (Lipinski definition) is 4. The van der Waals surface area contributed by atoms with Crippen molar-refractivity contribution in [1.82, 2.24) is 9.80 Å². The second kappa shape index (κ2) is 9.24. The van der Waals surface area contributed by atoms with Crippen LogP contribution >= 0.6 is 11.6 Å². The summed E-state index contributed by atoms with van der Waals surface area (Å²) in [5.74, 6) is -0.480. The molecular formula is C21H23ClFN3O3. The Kier molecular flexibility index (Phi) is 6.71. The molecule has 0 aliphatic carbocycles. The van der Waals surface area contributed by atoms with E-state index in [2.05, 4.69) is 5.32 Å². The van der Waals surface area contributed by atoms with Crippen molar-refractivity contribution in [3.05, 3.63) is 58.9 Å². The van der Waals surface area contributed by atoms with Gasteiger partial charge in [0.15, 0.2) is 0 Å². The van der Waals surface area contributed by atoms with E-state index in [0.717, 1.165) is 0 Å². The standard InChI is InChI=1S/C21H23ClFN3O3/c1-14(20(27)24-15-7-8-19(29-2)17(22)13-15)25-9-11-26(12-10-25)21(28)16-5-3-4-6-18(16)23/h3-8,13-14H,9-12H2,1-2H3,(H,24,27). The fourth-order valence-electron chi connectivity index (χ4n) is 3.27. The lowest BCUT2D eigenvalue weighted by Gasteiger charge is -2.37. The van der Waals surface area contributed by atoms with Crippen LogP contribution < -0.4 is 10.1 Å². The summed E-state index contributed by atoms with van der Waals surface area (Å²) in [6.45, 7) is 3.73. The third-order valence-electron chi connectivity index (χ3n) is 5.05. The van der Waals surface area contributed by atoms with Crippen molar-refractivity contribution in [2.75, 3.05) is 38.6 Å². The highest BCUT2D eigenvalue weighted by molar-refractivity contribution is 6.32. The number of ether oxygens (including phenoxy) is 1. The van der Waals surface area contributed by atoms with Gasteiger partial charge in [0, 0.05) is 31.9 Å². The first-order valence-corrected chi connectivity index (χ1v) is 9.70. The van der Waals surface area contributed by atoms with Crippen LogP contribution in [0.25, 0.3) is 0 Å². The molecule has 0 bridgehead atoms. The maximum absolute atomic E-state index is 13.9. The summed E-state index contributed by atoms with van der Waals surface area (Å²) in [5.41, 5.74) is 0.657. The first-order valence-electron chi connectivity index (χ1n) is 9.33. The molecule has 1 fully saturated rings. The Morgan fingerprint density at radius 2 is 1.83 bits per heavy atom. The third-order valence-corrected chi connectivity index (χ3v) is 5.35. The van der Waals surface area contributed by atoms with Gasteiger partial charge < -0.3 is 15.0 Å². The smallest absolute Gasteiger partial charge is 0.256 e. The molecule has 0 radical (unpaired) electrons. The van der Waals surface area contributed by atoms with E-state index >= 15 is 0 Å². The number of carbonyl (C=O) groups excluding carboxylic acids is 2. The van der Waals surface area contributed by atoms with E-state index in [9.17, 15) is 14.0 Å². The van der Waals surface area contributed by atoms with Gasteiger partial charge in [0.05, 0.1) is 23.7 Å². The summed E-state index contributed by atoms with van der Waals surface area (Å²) in [5, 5.41) is 3.26. The summed E-state index contributed by atoms with van der Waals surface area (Å²) in [7, 11) is 1.53. The number of methoxy groups -OCH3 is 1. The number of nitrogens with one attached hydrogen (secondary N) is 1. The van der Waals surface area contributed by atoms with Gasteiger partial charge in [0.25, 0.3) is 5.91 Å². The lowest BCUT2D eigenvalue weighted by molar-refractivity contribution is -0.121. The Hall–Kier alpha value is -2.64. The minimum absolute atomic E-state index is 0.0723. The zero-order valence-electron chi connectivity index (χ0n) is 16.3. The van der Waals surface area contributed by atoms with Crippen LogP contribution in [0.2, 0.25) is 5.02 Å². The molecule has 1 unspecified atom stereocenters. The average molecular weight is 420 g/mol. The molecule has 29 heavy (non-hydrogen) atoms. The number of hydrogen-bond donors (Lipinski definition) is 1. The summed E-state index contributed by atoms with van der Waals surface area (Å²) >= 11 is 6.10. The van der Waals surface area contributed by atoms with E-state index in [1.165, 1.54) is 19.2 Å². The molecule has 6 nitrogen and oxygen atoms in total. The maximum Gasteiger partial charge on any atom is 0.256 e. The van der Waals surface area contributed by atoms with Crippen molar-refractivity contribution in [3.8, 4) is 5.75 Å². The van der Waals surface area contributed by atoms with Crippen LogP contribution in [-0.2, 0) is 4.79 Å². The Labute approximate surface area is 174 Å². The summed E-state index contributed by atoms with van der Waals surface area (Å²) < 4.78 is 19.0. The first kappa shape index (κ1) is 21.1. The Balaban J connectivity index is 1.56. The van der Waals surface area contributed by atoms with Gasteiger partial charge in [0.2, 0.25) is 5.91 Å². The normalized spacial score (nSPS) is 15.7. The maximum atomic E-state index is 13.9. The zero-order chi connectivity index (χ0) is 21.0. The first-order chi connectivity index (χ1) is 13.9. The molecule has 0 saturated carbocycles. The summed E-state index contributed by atoms with van der Waals surface area (Å²) in [6.07, 6.45) is 0. The minimum Gasteiger partial charge on any atom is -0.495 e. The number of amides is 2. The van der Waals surface area contributed by atoms with E-state index in [4.69, 9.17) is 16.3 Å². The Morgan fingerprint density at radius 1 is 1.14 bits per heavy atom. The molecule has 1 heterocycles. The molecule has 1 aliphatic heterocycles. The largest absolute Gasteiger partial charge is 0.495 e. The zero-order valence-corrected chi connectivity index (χ0v) is 17.1. The average Bonchev–Trinajstić information content (AvgIpc) is 2.73. The van der Waals surface area contributed by atoms with Crippen molar-refractivity contribution >= 4 is 29.1 Å². The molecule has 1 atom stereocenters. The molecular weight excluding hydrogens is 397 g/mol. The second-order valence-corrected chi connectivity index (χ2v) is 7.23. The highest BCUT2D eigenvalue weighted by Gasteiger charge is 2.28. The molecule has 1 N–H and O–H groups in total. The predicted octanol–water partition coefficient (Wildman–Crippen LogP) is 3.27. The third kappa shape index (κ3) is 4.86. The Morgan fingerprint density at radius 3 is 2.45 bits per heavy atom. The van der Waals surface area contributed by atoms with Gasteiger partial charge in [-0.25, -0.2) is 4.39 Å². The fraction of sp³-hybridized carbons (Fsp3) is 0.333. The van der Waals surface area contributed by atoms with Crippen LogP contribution in [0, 0.1) is 5.82 Å². The van der Waals surface area contributed by atoms with Crippen LogP contribution in [0.15, 0.2) is 42.5 Å². The van der Waals surface area contributed by atoms with Gasteiger partial charge in [-0.3, -0.25) is 14.5 Å². The van der Waals surface area contributed by atoms with Crippen molar-refractivity contribution in [3.63, 3.8) is 0 Å². The minimum atomic E-state index is -0.522. The number of carbonyl (C=O) groups is 2. The van der Waals surface area contributed by atoms with Crippen molar-refractivity contribution in [1.29, 1.82) is 0 Å². The summed E-state index contributed by atoms with van der Waals surface area (Å²) in [4.78, 5) is 28.7. The molecule has 1 saturated heterocycles. The number of piperazine rings is 1. The van der Waals surface area contributed by atoms with Gasteiger partial charge in [0.1, 0.15) is 11.6 Å². The summed E-state index contributed by atoms with van der Waals surface area (Å²) in [6, 6.07) is 10.6. The van der Waals surface area contributed by atoms with Gasteiger partial charge in [-0.15, -0.1) is 0 Å². The highest BCUT2D eigenvalue weighted by atomic mass is 35.5. The van der Waals surface area contributed by atoms with Gasteiger partial charge in [-0.1, -0.05) is 23.7 Å². The number of benzene rings is 2. The molecule has 2 amide bonds. The van der Waals surface area contributed by atoms with E-state index in [0.29, 0.717) is 42.6 Å². The number of nitrogens with zero attached hydrogens (tertiary/aromatic N) is 2. The second-order valence-electron chi connectivity index (χ2n) is 6.82. The van der Waals surface area contributed by atoms with E-state index < -0.39 is 5.82 Å². The quantitative estimate of drug-likeness (QED) is 0.808. The number of halogens is 2. The van der Waals surface area contributed by atoms with Crippen LogP contribution in [0.3, 0.4) is 0 Å². The molecule has 154 valence electrons. The Bertz CT molecular complexity index is 900. The number of rotatable bonds is 5. The molecule has 2 aromatic carbocycles. The van der Waals surface area contributed by atoms with Gasteiger partial charge in [-0.2, -0.15) is 0 Å². The van der Waals surface area contributed by atoms with Crippen molar-refractivity contribution < 1.29 is 18.7 Å². The monoisotopic (exact) mass is 419 g/mol. The van der Waals surface area contributed by atoms with Gasteiger partial charge >= 0.3 is 0 Å². The highest BCUT2D eigenvalue weighted by Crippen LogP contribution is 2.27. The SMILES string of the molecule is COc1ccc(NC(=O)C(C)N2CCN(C(=O)c3ccccc3F)CC2)cc1Cl. The van der Waals surface area contributed by atoms with Crippen molar-refractivity contribution in [2.24, 2.45) is 0 Å². The van der Waals surface area contributed by atoms with Crippen LogP contribution in [-0.4, -0.2) is 60.9 Å². The lowest BCUT2D eigenvalue weighted by atomic mass is 10.1. The van der Waals surface area contributed by atoms with Crippen LogP contribution in [0.4, 0.5) is 10.1 Å². The molecule has 1 aliphatic rings. The van der Waals surface area contributed by atoms with E-state index in [1.54, 1.807) is 35.2 Å².